The summed E-state index contributed by atoms with van der Waals surface area (Å²) < 4.78 is 25.2. The van der Waals surface area contributed by atoms with Gasteiger partial charge in [0, 0.05) is 20.4 Å². The molecule has 0 aliphatic carbocycles. The summed E-state index contributed by atoms with van der Waals surface area (Å²) in [6.45, 7) is 6.64. The van der Waals surface area contributed by atoms with Crippen LogP contribution in [0.5, 0.6) is 11.5 Å². The van der Waals surface area contributed by atoms with E-state index in [1.807, 2.05) is 0 Å². The van der Waals surface area contributed by atoms with E-state index in [9.17, 15) is 19.2 Å². The number of nitrogens with one attached hydrogen (secondary N) is 1. The van der Waals surface area contributed by atoms with Gasteiger partial charge in [0.1, 0.15) is 12.1 Å². The normalized spacial score (nSPS) is 12.3. The number of methoxy groups -OCH3 is 1. The van der Waals surface area contributed by atoms with E-state index >= 15 is 0 Å². The Morgan fingerprint density at radius 2 is 1.67 bits per heavy atom. The molecule has 1 rings (SSSR count). The molecule has 0 aliphatic rings. The Labute approximate surface area is 193 Å². The summed E-state index contributed by atoms with van der Waals surface area (Å²) in [6, 6.07) is 3.84. The Bertz CT molecular complexity index is 809. The maximum atomic E-state index is 12.3. The number of hydrogen-bond donors (Lipinski definition) is 1. The number of ether oxygens (including phenoxy) is 5. The highest BCUT2D eigenvalue weighted by atomic mass is 16.7. The first-order valence-corrected chi connectivity index (χ1v) is 10.8. The Hall–Kier alpha value is -3.14. The minimum absolute atomic E-state index is 0.0568. The highest BCUT2D eigenvalue weighted by Gasteiger charge is 2.22. The summed E-state index contributed by atoms with van der Waals surface area (Å²) >= 11 is 0. The van der Waals surface area contributed by atoms with E-state index in [1.165, 1.54) is 33.1 Å². The number of unbranched alkanes of at least 4 members (excludes halogenated alkanes) is 2. The Morgan fingerprint density at radius 3 is 2.27 bits per heavy atom. The summed E-state index contributed by atoms with van der Waals surface area (Å²) in [5, 5.41) is 3.01. The van der Waals surface area contributed by atoms with Gasteiger partial charge in [-0.05, 0) is 37.5 Å². The van der Waals surface area contributed by atoms with Gasteiger partial charge in [-0.25, -0.2) is 4.79 Å². The van der Waals surface area contributed by atoms with E-state index in [2.05, 4.69) is 12.2 Å². The topological polar surface area (TPSA) is 126 Å². The molecule has 10 heteroatoms. The van der Waals surface area contributed by atoms with Gasteiger partial charge in [-0.2, -0.15) is 0 Å². The van der Waals surface area contributed by atoms with Crippen molar-refractivity contribution in [2.45, 2.75) is 65.5 Å². The first-order chi connectivity index (χ1) is 15.7. The van der Waals surface area contributed by atoms with E-state index in [-0.39, 0.29) is 24.5 Å². The van der Waals surface area contributed by atoms with Gasteiger partial charge in [0.05, 0.1) is 13.7 Å². The molecule has 0 amide bonds. The lowest BCUT2D eigenvalue weighted by atomic mass is 10.0. The molecule has 1 N–H and O–H groups in total. The molecule has 2 atom stereocenters. The van der Waals surface area contributed by atoms with Gasteiger partial charge in [-0.15, -0.1) is 0 Å². The summed E-state index contributed by atoms with van der Waals surface area (Å²) in [6.07, 6.45) is 1.61. The van der Waals surface area contributed by atoms with Gasteiger partial charge in [0.2, 0.25) is 0 Å². The molecule has 184 valence electrons. The zero-order valence-corrected chi connectivity index (χ0v) is 19.8. The lowest BCUT2D eigenvalue weighted by molar-refractivity contribution is -0.143. The third-order valence-electron chi connectivity index (χ3n) is 4.36. The number of carbonyl (C=O) groups excluding carboxylic acids is 4. The fourth-order valence-electron chi connectivity index (χ4n) is 2.83. The van der Waals surface area contributed by atoms with Crippen molar-refractivity contribution < 1.29 is 42.9 Å². The van der Waals surface area contributed by atoms with Crippen molar-refractivity contribution in [3.05, 3.63) is 23.8 Å². The summed E-state index contributed by atoms with van der Waals surface area (Å²) in [5.74, 6) is -1.54. The highest BCUT2D eigenvalue weighted by molar-refractivity contribution is 5.76. The first kappa shape index (κ1) is 27.9. The Morgan fingerprint density at radius 1 is 1.00 bits per heavy atom. The van der Waals surface area contributed by atoms with Crippen molar-refractivity contribution in [1.29, 1.82) is 0 Å². The monoisotopic (exact) mass is 467 g/mol. The van der Waals surface area contributed by atoms with Crippen molar-refractivity contribution in [1.82, 2.24) is 5.32 Å². The molecule has 1 aromatic rings. The molecule has 0 saturated carbocycles. The lowest BCUT2D eigenvalue weighted by Gasteiger charge is -2.20. The van der Waals surface area contributed by atoms with Crippen molar-refractivity contribution in [2.24, 2.45) is 0 Å². The summed E-state index contributed by atoms with van der Waals surface area (Å²) in [5.41, 5.74) is 0.619. The van der Waals surface area contributed by atoms with Crippen LogP contribution in [0.15, 0.2) is 18.2 Å². The van der Waals surface area contributed by atoms with E-state index in [0.717, 1.165) is 19.3 Å². The Kier molecular flexibility index (Phi) is 12.5. The predicted molar refractivity (Wildman–Crippen MR) is 118 cm³/mol. The molecule has 1 unspecified atom stereocenters. The standard InChI is InChI=1S/C23H33NO9/c1-6-7-8-11-30-23(28)31-15(2)14-24-19(22(27)29-5)12-18-9-10-20(32-16(3)25)21(13-18)33-17(4)26/h9-10,13,15,19,24H,6-8,11-12,14H2,1-5H3/t15?,19-/m0/s1. The molecule has 0 fully saturated rings. The van der Waals surface area contributed by atoms with Crippen LogP contribution in [0, 0.1) is 0 Å². The SMILES string of the molecule is CCCCCOC(=O)OC(C)CN[C@@H](Cc1ccc(OC(C)=O)c(OC(C)=O)c1)C(=O)OC. The number of benzene rings is 1. The minimum atomic E-state index is -0.772. The third-order valence-corrected chi connectivity index (χ3v) is 4.36. The summed E-state index contributed by atoms with van der Waals surface area (Å²) in [4.78, 5) is 46.7. The van der Waals surface area contributed by atoms with Crippen LogP contribution in [0.25, 0.3) is 0 Å². The lowest BCUT2D eigenvalue weighted by Crippen LogP contribution is -2.43. The highest BCUT2D eigenvalue weighted by Crippen LogP contribution is 2.29. The van der Waals surface area contributed by atoms with Gasteiger partial charge in [0.25, 0.3) is 0 Å². The predicted octanol–water partition coefficient (Wildman–Crippen LogP) is 2.94. The van der Waals surface area contributed by atoms with E-state index < -0.39 is 36.2 Å². The van der Waals surface area contributed by atoms with Crippen LogP contribution in [0.3, 0.4) is 0 Å². The number of hydrogen-bond acceptors (Lipinski definition) is 10. The largest absolute Gasteiger partial charge is 0.508 e. The van der Waals surface area contributed by atoms with Gasteiger partial charge in [-0.1, -0.05) is 25.8 Å². The van der Waals surface area contributed by atoms with Crippen molar-refractivity contribution in [3.63, 3.8) is 0 Å². The summed E-state index contributed by atoms with van der Waals surface area (Å²) in [7, 11) is 1.26. The molecular formula is C23H33NO9. The molecule has 0 aliphatic heterocycles. The van der Waals surface area contributed by atoms with Crippen LogP contribution in [0.1, 0.15) is 52.5 Å². The molecule has 0 aromatic heterocycles. The fraction of sp³-hybridized carbons (Fsp3) is 0.565. The van der Waals surface area contributed by atoms with Crippen LogP contribution >= 0.6 is 0 Å². The second-order valence-electron chi connectivity index (χ2n) is 7.39. The van der Waals surface area contributed by atoms with Crippen LogP contribution < -0.4 is 14.8 Å². The van der Waals surface area contributed by atoms with Crippen LogP contribution in [-0.2, 0) is 35.0 Å². The molecular weight excluding hydrogens is 434 g/mol. The maximum absolute atomic E-state index is 12.3. The number of esters is 3. The molecule has 0 radical (unpaired) electrons. The smallest absolute Gasteiger partial charge is 0.468 e. The van der Waals surface area contributed by atoms with Gasteiger partial charge in [-0.3, -0.25) is 14.4 Å². The van der Waals surface area contributed by atoms with E-state index in [4.69, 9.17) is 23.7 Å². The average molecular weight is 468 g/mol. The molecule has 0 heterocycles. The average Bonchev–Trinajstić information content (AvgIpc) is 2.74. The number of carbonyl (C=O) groups is 4. The second-order valence-corrected chi connectivity index (χ2v) is 7.39. The van der Waals surface area contributed by atoms with Crippen LogP contribution in [-0.4, -0.2) is 56.5 Å². The minimum Gasteiger partial charge on any atom is -0.468 e. The zero-order valence-electron chi connectivity index (χ0n) is 19.8. The molecule has 0 saturated heterocycles. The van der Waals surface area contributed by atoms with Crippen molar-refractivity contribution in [3.8, 4) is 11.5 Å². The fourth-order valence-corrected chi connectivity index (χ4v) is 2.83. The van der Waals surface area contributed by atoms with Crippen LogP contribution in [0.2, 0.25) is 0 Å². The van der Waals surface area contributed by atoms with Gasteiger partial charge in [0.15, 0.2) is 11.5 Å². The van der Waals surface area contributed by atoms with Crippen molar-refractivity contribution >= 4 is 24.1 Å². The zero-order chi connectivity index (χ0) is 24.8. The maximum Gasteiger partial charge on any atom is 0.508 e. The van der Waals surface area contributed by atoms with Gasteiger partial charge < -0.3 is 29.0 Å². The molecule has 0 spiro atoms. The van der Waals surface area contributed by atoms with Crippen molar-refractivity contribution in [2.75, 3.05) is 20.3 Å². The molecule has 1 aromatic carbocycles. The quantitative estimate of drug-likeness (QED) is 0.263. The molecule has 0 bridgehead atoms. The Balaban J connectivity index is 2.77. The number of rotatable bonds is 13. The first-order valence-electron chi connectivity index (χ1n) is 10.8. The molecule has 33 heavy (non-hydrogen) atoms. The van der Waals surface area contributed by atoms with Gasteiger partial charge >= 0.3 is 24.1 Å². The van der Waals surface area contributed by atoms with E-state index in [0.29, 0.717) is 12.2 Å². The van der Waals surface area contributed by atoms with E-state index in [1.54, 1.807) is 13.0 Å². The van der Waals surface area contributed by atoms with Crippen LogP contribution in [0.4, 0.5) is 4.79 Å². The third kappa shape index (κ3) is 11.3. The molecule has 10 nitrogen and oxygen atoms in total. The second kappa shape index (κ2) is 14.8.